The van der Waals surface area contributed by atoms with E-state index in [-0.39, 0.29) is 11.8 Å². The molecular weight excluding hydrogens is 334 g/mol. The fourth-order valence-electron chi connectivity index (χ4n) is 2.97. The van der Waals surface area contributed by atoms with Crippen molar-refractivity contribution in [3.63, 3.8) is 0 Å². The predicted octanol–water partition coefficient (Wildman–Crippen LogP) is 3.93. The van der Waals surface area contributed by atoms with E-state index in [1.54, 1.807) is 0 Å². The number of ketones is 1. The van der Waals surface area contributed by atoms with Crippen LogP contribution in [0.5, 0.6) is 0 Å². The zero-order valence-corrected chi connectivity index (χ0v) is 16.0. The molecule has 0 aromatic heterocycles. The number of hydrogen-bond acceptors (Lipinski definition) is 5. The van der Waals surface area contributed by atoms with Crippen LogP contribution in [0.4, 0.5) is 0 Å². The molecule has 1 aromatic carbocycles. The Labute approximate surface area is 155 Å². The highest BCUT2D eigenvalue weighted by Crippen LogP contribution is 2.16. The molecule has 0 atom stereocenters. The quantitative estimate of drug-likeness (QED) is 0.358. The number of ether oxygens (including phenoxy) is 1. The fourth-order valence-corrected chi connectivity index (χ4v) is 3.95. The molecule has 1 heterocycles. The molecule has 2 rings (SSSR count). The first-order valence-electron chi connectivity index (χ1n) is 9.27. The summed E-state index contributed by atoms with van der Waals surface area (Å²) in [6.07, 6.45) is 3.50. The van der Waals surface area contributed by atoms with Crippen LogP contribution in [0.15, 0.2) is 24.3 Å². The van der Waals surface area contributed by atoms with Gasteiger partial charge in [0.25, 0.3) is 0 Å². The Morgan fingerprint density at radius 1 is 1.12 bits per heavy atom. The highest BCUT2D eigenvalue weighted by molar-refractivity contribution is 7.99. The van der Waals surface area contributed by atoms with Crippen LogP contribution in [-0.2, 0) is 16.1 Å². The van der Waals surface area contributed by atoms with E-state index in [1.807, 2.05) is 36.9 Å². The van der Waals surface area contributed by atoms with Crippen molar-refractivity contribution in [2.75, 3.05) is 31.2 Å². The van der Waals surface area contributed by atoms with Crippen LogP contribution in [0.1, 0.15) is 54.9 Å². The van der Waals surface area contributed by atoms with E-state index in [4.69, 9.17) is 4.74 Å². The monoisotopic (exact) mass is 363 g/mol. The van der Waals surface area contributed by atoms with Gasteiger partial charge >= 0.3 is 5.97 Å². The van der Waals surface area contributed by atoms with Gasteiger partial charge in [0.15, 0.2) is 5.78 Å². The number of benzene rings is 1. The Morgan fingerprint density at radius 3 is 2.64 bits per heavy atom. The Kier molecular flexibility index (Phi) is 9.05. The number of thioether (sulfide) groups is 1. The zero-order chi connectivity index (χ0) is 17.9. The molecule has 0 aliphatic carbocycles. The van der Waals surface area contributed by atoms with Crippen molar-refractivity contribution in [2.24, 2.45) is 0 Å². The second-order valence-electron chi connectivity index (χ2n) is 6.38. The number of esters is 1. The van der Waals surface area contributed by atoms with Crippen LogP contribution >= 0.6 is 11.8 Å². The van der Waals surface area contributed by atoms with Crippen LogP contribution < -0.4 is 0 Å². The number of rotatable bonds is 10. The van der Waals surface area contributed by atoms with Crippen LogP contribution in [0.2, 0.25) is 0 Å². The van der Waals surface area contributed by atoms with E-state index in [2.05, 4.69) is 11.0 Å². The predicted molar refractivity (Wildman–Crippen MR) is 103 cm³/mol. The summed E-state index contributed by atoms with van der Waals surface area (Å²) in [6, 6.07) is 8.05. The minimum atomic E-state index is -0.141. The van der Waals surface area contributed by atoms with Gasteiger partial charge in [-0.1, -0.05) is 24.6 Å². The Bertz CT molecular complexity index is 556. The molecular formula is C20H29NO3S. The summed E-state index contributed by atoms with van der Waals surface area (Å²) in [5.74, 6) is 2.46. The van der Waals surface area contributed by atoms with Gasteiger partial charge in [-0.05, 0) is 31.4 Å². The van der Waals surface area contributed by atoms with Gasteiger partial charge in [0.2, 0.25) is 0 Å². The molecule has 1 aromatic rings. The van der Waals surface area contributed by atoms with E-state index in [0.29, 0.717) is 19.4 Å². The van der Waals surface area contributed by atoms with Crippen molar-refractivity contribution >= 4 is 23.5 Å². The average Bonchev–Trinajstić information content (AvgIpc) is 2.62. The van der Waals surface area contributed by atoms with Crippen molar-refractivity contribution in [3.8, 4) is 0 Å². The van der Waals surface area contributed by atoms with Gasteiger partial charge in [0, 0.05) is 49.5 Å². The van der Waals surface area contributed by atoms with Crippen LogP contribution in [-0.4, -0.2) is 47.9 Å². The Hall–Kier alpha value is -1.33. The third kappa shape index (κ3) is 7.61. The van der Waals surface area contributed by atoms with Gasteiger partial charge in [0.1, 0.15) is 0 Å². The lowest BCUT2D eigenvalue weighted by molar-refractivity contribution is -0.143. The van der Waals surface area contributed by atoms with Gasteiger partial charge in [0.05, 0.1) is 6.61 Å². The molecule has 5 heteroatoms. The summed E-state index contributed by atoms with van der Waals surface area (Å²) in [7, 11) is 0. The van der Waals surface area contributed by atoms with Crippen LogP contribution in [0.3, 0.4) is 0 Å². The van der Waals surface area contributed by atoms with E-state index < -0.39 is 0 Å². The fraction of sp³-hybridized carbons (Fsp3) is 0.600. The second-order valence-corrected chi connectivity index (χ2v) is 7.60. The maximum absolute atomic E-state index is 12.4. The first-order valence-corrected chi connectivity index (χ1v) is 10.4. The lowest BCUT2D eigenvalue weighted by Crippen LogP contribution is -2.31. The molecule has 0 unspecified atom stereocenters. The number of hydrogen-bond donors (Lipinski definition) is 0. The molecule has 0 spiro atoms. The molecule has 1 fully saturated rings. The van der Waals surface area contributed by atoms with Gasteiger partial charge in [-0.3, -0.25) is 14.5 Å². The Morgan fingerprint density at radius 2 is 1.88 bits per heavy atom. The van der Waals surface area contributed by atoms with E-state index in [1.165, 1.54) is 17.1 Å². The number of nitrogens with zero attached hydrogens (tertiary/aromatic N) is 1. The maximum Gasteiger partial charge on any atom is 0.305 e. The summed E-state index contributed by atoms with van der Waals surface area (Å²) in [6.45, 7) is 5.44. The van der Waals surface area contributed by atoms with Crippen molar-refractivity contribution in [2.45, 2.75) is 45.6 Å². The molecule has 1 aliphatic rings. The lowest BCUT2D eigenvalue weighted by atomic mass is 10.0. The standard InChI is InChI=1S/C20H29NO3S/c1-2-24-20(23)10-5-3-4-9-19(22)18-8-6-7-17(15-18)16-21-11-13-25-14-12-21/h6-8,15H,2-5,9-14,16H2,1H3. The van der Waals surface area contributed by atoms with Gasteiger partial charge in [-0.15, -0.1) is 0 Å². The molecule has 4 nitrogen and oxygen atoms in total. The molecule has 1 aliphatic heterocycles. The third-order valence-electron chi connectivity index (χ3n) is 4.35. The largest absolute Gasteiger partial charge is 0.466 e. The summed E-state index contributed by atoms with van der Waals surface area (Å²) in [4.78, 5) is 26.1. The Balaban J connectivity index is 1.72. The van der Waals surface area contributed by atoms with Crippen LogP contribution in [0, 0.1) is 0 Å². The summed E-state index contributed by atoms with van der Waals surface area (Å²) in [5, 5.41) is 0. The lowest BCUT2D eigenvalue weighted by Gasteiger charge is -2.26. The summed E-state index contributed by atoms with van der Waals surface area (Å²) < 4.78 is 4.90. The molecule has 25 heavy (non-hydrogen) atoms. The SMILES string of the molecule is CCOC(=O)CCCCCC(=O)c1cccc(CN2CCSCC2)c1. The number of unbranched alkanes of at least 4 members (excludes halogenated alkanes) is 2. The highest BCUT2D eigenvalue weighted by Gasteiger charge is 2.12. The first kappa shape index (κ1) is 20.0. The van der Waals surface area contributed by atoms with Gasteiger partial charge in [-0.25, -0.2) is 0 Å². The number of carbonyl (C=O) groups is 2. The second kappa shape index (κ2) is 11.3. The smallest absolute Gasteiger partial charge is 0.305 e. The molecule has 0 N–H and O–H groups in total. The molecule has 0 radical (unpaired) electrons. The first-order chi connectivity index (χ1) is 12.2. The minimum Gasteiger partial charge on any atom is -0.466 e. The normalized spacial score (nSPS) is 15.1. The van der Waals surface area contributed by atoms with E-state index in [0.717, 1.165) is 44.5 Å². The molecule has 138 valence electrons. The summed E-state index contributed by atoms with van der Waals surface area (Å²) in [5.41, 5.74) is 2.04. The van der Waals surface area contributed by atoms with E-state index >= 15 is 0 Å². The van der Waals surface area contributed by atoms with Crippen molar-refractivity contribution < 1.29 is 14.3 Å². The van der Waals surface area contributed by atoms with Crippen LogP contribution in [0.25, 0.3) is 0 Å². The number of carbonyl (C=O) groups excluding carboxylic acids is 2. The van der Waals surface area contributed by atoms with Crippen molar-refractivity contribution in [1.29, 1.82) is 0 Å². The molecule has 0 amide bonds. The average molecular weight is 364 g/mol. The minimum absolute atomic E-state index is 0.141. The summed E-state index contributed by atoms with van der Waals surface area (Å²) >= 11 is 2.01. The van der Waals surface area contributed by atoms with Gasteiger partial charge < -0.3 is 4.74 Å². The van der Waals surface area contributed by atoms with Crippen molar-refractivity contribution in [3.05, 3.63) is 35.4 Å². The maximum atomic E-state index is 12.4. The van der Waals surface area contributed by atoms with Crippen molar-refractivity contribution in [1.82, 2.24) is 4.90 Å². The third-order valence-corrected chi connectivity index (χ3v) is 5.29. The topological polar surface area (TPSA) is 46.6 Å². The van der Waals surface area contributed by atoms with E-state index in [9.17, 15) is 9.59 Å². The van der Waals surface area contributed by atoms with Gasteiger partial charge in [-0.2, -0.15) is 11.8 Å². The molecule has 1 saturated heterocycles. The highest BCUT2D eigenvalue weighted by atomic mass is 32.2. The molecule has 0 bridgehead atoms. The molecule has 0 saturated carbocycles. The zero-order valence-electron chi connectivity index (χ0n) is 15.2. The number of Topliss-reactive ketones (excluding diaryl/α,β-unsaturated/α-hetero) is 1.